The molecule has 2 aromatic heterocycles. The first-order valence-electron chi connectivity index (χ1n) is 8.04. The first-order valence-corrected chi connectivity index (χ1v) is 9.85. The second-order valence-corrected chi connectivity index (χ2v) is 7.54. The Kier molecular flexibility index (Phi) is 6.62. The van der Waals surface area contributed by atoms with E-state index in [4.69, 9.17) is 0 Å². The first-order chi connectivity index (χ1) is 12.7. The summed E-state index contributed by atoms with van der Waals surface area (Å²) in [5, 5.41) is 4.46. The third-order valence-electron chi connectivity index (χ3n) is 3.39. The van der Waals surface area contributed by atoms with Gasteiger partial charge in [0.05, 0.1) is 5.75 Å². The highest BCUT2D eigenvalue weighted by Gasteiger charge is 2.11. The van der Waals surface area contributed by atoms with E-state index in [9.17, 15) is 4.79 Å². The average Bonchev–Trinajstić information content (AvgIpc) is 2.66. The molecule has 0 bridgehead atoms. The van der Waals surface area contributed by atoms with Crippen molar-refractivity contribution >= 4 is 29.4 Å². The van der Waals surface area contributed by atoms with Crippen LogP contribution in [-0.2, 0) is 11.3 Å². The Hall–Kier alpha value is -2.38. The molecule has 0 spiro atoms. The van der Waals surface area contributed by atoms with Crippen LogP contribution in [0.15, 0.2) is 76.1 Å². The van der Waals surface area contributed by atoms with Gasteiger partial charge in [0.1, 0.15) is 10.1 Å². The summed E-state index contributed by atoms with van der Waals surface area (Å²) in [6, 6.07) is 12.0. The van der Waals surface area contributed by atoms with E-state index in [1.54, 1.807) is 36.5 Å². The number of nitrogens with zero attached hydrogens (tertiary/aromatic N) is 3. The Labute approximate surface area is 161 Å². The number of hydrogen-bond donors (Lipinski definition) is 1. The van der Waals surface area contributed by atoms with Gasteiger partial charge in [-0.3, -0.25) is 9.78 Å². The minimum atomic E-state index is -0.0454. The molecule has 26 heavy (non-hydrogen) atoms. The molecule has 7 heteroatoms. The molecule has 1 N–H and O–H groups in total. The monoisotopic (exact) mass is 382 g/mol. The Morgan fingerprint density at radius 1 is 1.08 bits per heavy atom. The van der Waals surface area contributed by atoms with E-state index in [2.05, 4.69) is 39.3 Å². The molecule has 3 rings (SSSR count). The lowest BCUT2D eigenvalue weighted by Gasteiger charge is -2.08. The highest BCUT2D eigenvalue weighted by atomic mass is 32.2. The molecule has 0 aliphatic carbocycles. The van der Waals surface area contributed by atoms with Crippen molar-refractivity contribution in [2.75, 3.05) is 5.75 Å². The van der Waals surface area contributed by atoms with Gasteiger partial charge in [0.15, 0.2) is 0 Å². The van der Waals surface area contributed by atoms with Crippen molar-refractivity contribution in [3.8, 4) is 0 Å². The lowest BCUT2D eigenvalue weighted by molar-refractivity contribution is -0.118. The summed E-state index contributed by atoms with van der Waals surface area (Å²) in [4.78, 5) is 26.0. The molecular formula is C19H18N4OS2. The van der Waals surface area contributed by atoms with Gasteiger partial charge >= 0.3 is 0 Å². The van der Waals surface area contributed by atoms with E-state index in [-0.39, 0.29) is 5.91 Å². The van der Waals surface area contributed by atoms with Gasteiger partial charge in [-0.15, -0.1) is 0 Å². The van der Waals surface area contributed by atoms with Crippen LogP contribution in [0.1, 0.15) is 11.1 Å². The largest absolute Gasteiger partial charge is 0.351 e. The number of nitrogens with one attached hydrogen (secondary N) is 1. The number of carbonyl (C=O) groups is 1. The second-order valence-electron chi connectivity index (χ2n) is 5.51. The average molecular weight is 383 g/mol. The molecule has 1 aromatic carbocycles. The minimum Gasteiger partial charge on any atom is -0.351 e. The van der Waals surface area contributed by atoms with Gasteiger partial charge in [-0.1, -0.05) is 47.3 Å². The number of pyridine rings is 1. The van der Waals surface area contributed by atoms with Crippen molar-refractivity contribution in [2.45, 2.75) is 28.4 Å². The quantitative estimate of drug-likeness (QED) is 0.628. The minimum absolute atomic E-state index is 0.0454. The topological polar surface area (TPSA) is 67.8 Å². The van der Waals surface area contributed by atoms with Crippen molar-refractivity contribution in [1.29, 1.82) is 0 Å². The van der Waals surface area contributed by atoms with Crippen LogP contribution in [0.4, 0.5) is 0 Å². The van der Waals surface area contributed by atoms with E-state index >= 15 is 0 Å². The molecular weight excluding hydrogens is 364 g/mol. The van der Waals surface area contributed by atoms with Crippen LogP contribution in [0.25, 0.3) is 0 Å². The molecule has 0 unspecified atom stereocenters. The van der Waals surface area contributed by atoms with E-state index in [1.165, 1.54) is 17.3 Å². The smallest absolute Gasteiger partial charge is 0.230 e. The van der Waals surface area contributed by atoms with Gasteiger partial charge in [-0.05, 0) is 30.7 Å². The molecule has 0 radical (unpaired) electrons. The molecule has 3 aromatic rings. The predicted octanol–water partition coefficient (Wildman–Crippen LogP) is 3.74. The van der Waals surface area contributed by atoms with Crippen LogP contribution in [0.3, 0.4) is 0 Å². The Morgan fingerprint density at radius 2 is 1.92 bits per heavy atom. The van der Waals surface area contributed by atoms with Crippen LogP contribution >= 0.6 is 23.5 Å². The number of benzene rings is 1. The van der Waals surface area contributed by atoms with Crippen molar-refractivity contribution < 1.29 is 4.79 Å². The van der Waals surface area contributed by atoms with Crippen molar-refractivity contribution in [2.24, 2.45) is 0 Å². The number of aromatic nitrogens is 3. The number of aryl methyl sites for hydroxylation is 1. The molecule has 1 amide bonds. The maximum absolute atomic E-state index is 12.1. The van der Waals surface area contributed by atoms with Gasteiger partial charge in [0.25, 0.3) is 0 Å². The third-order valence-corrected chi connectivity index (χ3v) is 5.48. The van der Waals surface area contributed by atoms with E-state index < -0.39 is 0 Å². The fraction of sp³-hybridized carbons (Fsp3) is 0.158. The van der Waals surface area contributed by atoms with Gasteiger partial charge in [0.2, 0.25) is 5.91 Å². The summed E-state index contributed by atoms with van der Waals surface area (Å²) in [6.07, 6.45) is 6.77. The zero-order valence-electron chi connectivity index (χ0n) is 14.3. The van der Waals surface area contributed by atoms with Gasteiger partial charge in [-0.2, -0.15) is 0 Å². The number of hydrogen-bond acceptors (Lipinski definition) is 6. The van der Waals surface area contributed by atoms with Crippen LogP contribution in [-0.4, -0.2) is 26.6 Å². The number of thioether (sulfide) groups is 1. The molecule has 0 atom stereocenters. The molecule has 5 nitrogen and oxygen atoms in total. The summed E-state index contributed by atoms with van der Waals surface area (Å²) in [6.45, 7) is 2.53. The molecule has 0 aliphatic rings. The highest BCUT2D eigenvalue weighted by molar-refractivity contribution is 8.02. The Balaban J connectivity index is 1.57. The fourth-order valence-electron chi connectivity index (χ4n) is 2.16. The van der Waals surface area contributed by atoms with Crippen molar-refractivity contribution in [3.05, 3.63) is 72.3 Å². The lowest BCUT2D eigenvalue weighted by Crippen LogP contribution is -2.24. The van der Waals surface area contributed by atoms with Gasteiger partial charge in [0, 0.05) is 36.2 Å². The van der Waals surface area contributed by atoms with Crippen LogP contribution in [0.5, 0.6) is 0 Å². The molecule has 0 fully saturated rings. The van der Waals surface area contributed by atoms with Gasteiger partial charge < -0.3 is 5.32 Å². The van der Waals surface area contributed by atoms with E-state index in [0.29, 0.717) is 12.3 Å². The Morgan fingerprint density at radius 3 is 2.69 bits per heavy atom. The fourth-order valence-corrected chi connectivity index (χ4v) is 4.01. The summed E-state index contributed by atoms with van der Waals surface area (Å²) >= 11 is 2.95. The molecule has 132 valence electrons. The zero-order chi connectivity index (χ0) is 18.2. The zero-order valence-corrected chi connectivity index (χ0v) is 15.9. The standard InChI is InChI=1S/C19H18N4OS2/c1-14-4-2-6-16(10-14)26-19-18(21-8-9-22-19)25-13-17(24)23-12-15-5-3-7-20-11-15/h2-11H,12-13H2,1H3,(H,23,24). The summed E-state index contributed by atoms with van der Waals surface area (Å²) < 4.78 is 0. The Bertz CT molecular complexity index is 874. The maximum atomic E-state index is 12.1. The van der Waals surface area contributed by atoms with E-state index in [1.807, 2.05) is 24.3 Å². The van der Waals surface area contributed by atoms with E-state index in [0.717, 1.165) is 20.5 Å². The van der Waals surface area contributed by atoms with Crippen LogP contribution in [0, 0.1) is 6.92 Å². The van der Waals surface area contributed by atoms with Crippen molar-refractivity contribution in [1.82, 2.24) is 20.3 Å². The van der Waals surface area contributed by atoms with Gasteiger partial charge in [-0.25, -0.2) is 9.97 Å². The number of carbonyl (C=O) groups excluding carboxylic acids is 1. The summed E-state index contributed by atoms with van der Waals surface area (Å²) in [5.74, 6) is 0.247. The molecule has 2 heterocycles. The molecule has 0 saturated heterocycles. The third kappa shape index (κ3) is 5.57. The first kappa shape index (κ1) is 18.4. The number of amides is 1. The van der Waals surface area contributed by atoms with Crippen molar-refractivity contribution in [3.63, 3.8) is 0 Å². The van der Waals surface area contributed by atoms with Crippen LogP contribution in [0.2, 0.25) is 0 Å². The van der Waals surface area contributed by atoms with Crippen LogP contribution < -0.4 is 5.32 Å². The number of rotatable bonds is 7. The molecule has 0 saturated carbocycles. The normalized spacial score (nSPS) is 10.5. The lowest BCUT2D eigenvalue weighted by atomic mass is 10.2. The molecule has 0 aliphatic heterocycles. The highest BCUT2D eigenvalue weighted by Crippen LogP contribution is 2.32. The maximum Gasteiger partial charge on any atom is 0.230 e. The second kappa shape index (κ2) is 9.35. The summed E-state index contributed by atoms with van der Waals surface area (Å²) in [5.41, 5.74) is 2.17. The SMILES string of the molecule is Cc1cccc(Sc2nccnc2SCC(=O)NCc2cccnc2)c1. The summed E-state index contributed by atoms with van der Waals surface area (Å²) in [7, 11) is 0. The predicted molar refractivity (Wildman–Crippen MR) is 104 cm³/mol.